The number of hydrogen-bond acceptors (Lipinski definition) is 3. The molecule has 20 heavy (non-hydrogen) atoms. The van der Waals surface area contributed by atoms with Crippen molar-refractivity contribution < 1.29 is 13.2 Å². The molecule has 0 aliphatic carbocycles. The summed E-state index contributed by atoms with van der Waals surface area (Å²) in [6, 6.07) is 6.64. The van der Waals surface area contributed by atoms with Gasteiger partial charge in [0.25, 0.3) is 5.56 Å². The maximum Gasteiger partial charge on any atom is 0.416 e. The molecule has 0 amide bonds. The van der Waals surface area contributed by atoms with E-state index in [0.717, 1.165) is 24.3 Å². The van der Waals surface area contributed by atoms with Gasteiger partial charge in [0.2, 0.25) is 0 Å². The van der Waals surface area contributed by atoms with Crippen molar-refractivity contribution in [3.8, 4) is 11.8 Å². The molecule has 1 aromatic carbocycles. The monoisotopic (exact) mass is 299 g/mol. The van der Waals surface area contributed by atoms with Crippen LogP contribution in [0.3, 0.4) is 0 Å². The molecule has 1 aromatic heterocycles. The highest BCUT2D eigenvalue weighted by atomic mass is 35.5. The van der Waals surface area contributed by atoms with Crippen LogP contribution in [0.2, 0.25) is 5.02 Å². The highest BCUT2D eigenvalue weighted by molar-refractivity contribution is 6.31. The second-order valence-electron chi connectivity index (χ2n) is 3.75. The molecule has 0 saturated carbocycles. The van der Waals surface area contributed by atoms with Crippen molar-refractivity contribution in [3.63, 3.8) is 0 Å². The fraction of sp³-hybridized carbons (Fsp3) is 0.0833. The molecule has 0 radical (unpaired) electrons. The van der Waals surface area contributed by atoms with Crippen LogP contribution in [0.1, 0.15) is 11.3 Å². The van der Waals surface area contributed by atoms with E-state index in [1.165, 1.54) is 6.07 Å². The Bertz CT molecular complexity index is 762. The molecular formula is C12H5ClF3N3O. The summed E-state index contributed by atoms with van der Waals surface area (Å²) in [5, 5.41) is 12.2. The van der Waals surface area contributed by atoms with Crippen molar-refractivity contribution in [1.82, 2.24) is 9.78 Å². The molecule has 0 bridgehead atoms. The van der Waals surface area contributed by atoms with Crippen LogP contribution < -0.4 is 5.56 Å². The first-order valence-electron chi connectivity index (χ1n) is 5.20. The van der Waals surface area contributed by atoms with Crippen molar-refractivity contribution in [3.05, 3.63) is 57.0 Å². The van der Waals surface area contributed by atoms with Crippen LogP contribution in [0.5, 0.6) is 0 Å². The number of nitrogens with zero attached hydrogens (tertiary/aromatic N) is 3. The number of halogens is 4. The Morgan fingerprint density at radius 1 is 1.30 bits per heavy atom. The van der Waals surface area contributed by atoms with Crippen molar-refractivity contribution in [2.75, 3.05) is 0 Å². The summed E-state index contributed by atoms with van der Waals surface area (Å²) in [7, 11) is 0. The minimum absolute atomic E-state index is 0.0991. The molecule has 2 rings (SSSR count). The van der Waals surface area contributed by atoms with Crippen LogP contribution in [0.4, 0.5) is 13.2 Å². The molecule has 0 unspecified atom stereocenters. The molecule has 0 aliphatic heterocycles. The topological polar surface area (TPSA) is 58.7 Å². The van der Waals surface area contributed by atoms with E-state index < -0.39 is 17.3 Å². The molecule has 0 atom stereocenters. The van der Waals surface area contributed by atoms with Gasteiger partial charge in [-0.25, -0.2) is 0 Å². The minimum atomic E-state index is -4.54. The highest BCUT2D eigenvalue weighted by Crippen LogP contribution is 2.30. The van der Waals surface area contributed by atoms with Crippen molar-refractivity contribution in [2.24, 2.45) is 0 Å². The van der Waals surface area contributed by atoms with Gasteiger partial charge in [-0.15, -0.1) is 0 Å². The molecule has 0 aliphatic rings. The first-order valence-corrected chi connectivity index (χ1v) is 5.58. The molecule has 102 valence electrons. The Kier molecular flexibility index (Phi) is 3.51. The molecule has 0 fully saturated rings. The lowest BCUT2D eigenvalue weighted by atomic mass is 10.2. The third-order valence-corrected chi connectivity index (χ3v) is 2.70. The summed E-state index contributed by atoms with van der Waals surface area (Å²) < 4.78 is 38.5. The smallest absolute Gasteiger partial charge is 0.267 e. The lowest BCUT2D eigenvalue weighted by Crippen LogP contribution is -2.22. The van der Waals surface area contributed by atoms with Crippen molar-refractivity contribution in [2.45, 2.75) is 6.18 Å². The van der Waals surface area contributed by atoms with Crippen molar-refractivity contribution in [1.29, 1.82) is 5.26 Å². The van der Waals surface area contributed by atoms with Gasteiger partial charge in [-0.05, 0) is 18.2 Å². The first-order chi connectivity index (χ1) is 9.32. The van der Waals surface area contributed by atoms with Crippen LogP contribution in [-0.2, 0) is 6.18 Å². The number of rotatable bonds is 1. The highest BCUT2D eigenvalue weighted by Gasteiger charge is 2.30. The fourth-order valence-corrected chi connectivity index (χ4v) is 1.68. The molecule has 4 nitrogen and oxygen atoms in total. The van der Waals surface area contributed by atoms with E-state index in [9.17, 15) is 18.0 Å². The molecule has 2 aromatic rings. The fourth-order valence-electron chi connectivity index (χ4n) is 1.51. The number of aromatic nitrogens is 2. The van der Waals surface area contributed by atoms with E-state index in [0.29, 0.717) is 4.68 Å². The van der Waals surface area contributed by atoms with E-state index in [2.05, 4.69) is 5.10 Å². The van der Waals surface area contributed by atoms with Gasteiger partial charge in [0.1, 0.15) is 6.07 Å². The third-order valence-electron chi connectivity index (χ3n) is 2.41. The van der Waals surface area contributed by atoms with Gasteiger partial charge in [-0.1, -0.05) is 17.7 Å². The van der Waals surface area contributed by atoms with E-state index >= 15 is 0 Å². The lowest BCUT2D eigenvalue weighted by Gasteiger charge is -2.09. The Morgan fingerprint density at radius 3 is 2.60 bits per heavy atom. The van der Waals surface area contributed by atoms with Gasteiger partial charge >= 0.3 is 6.18 Å². The normalized spacial score (nSPS) is 11.2. The van der Waals surface area contributed by atoms with E-state index in [1.807, 2.05) is 0 Å². The molecule has 8 heteroatoms. The number of hydrogen-bond donors (Lipinski definition) is 0. The van der Waals surface area contributed by atoms with Gasteiger partial charge in [-0.2, -0.15) is 28.2 Å². The van der Waals surface area contributed by atoms with Gasteiger partial charge in [-0.3, -0.25) is 4.79 Å². The predicted octanol–water partition coefficient (Wildman–Crippen LogP) is 2.78. The third kappa shape index (κ3) is 2.65. The Hall–Kier alpha value is -2.33. The Labute approximate surface area is 115 Å². The van der Waals surface area contributed by atoms with Gasteiger partial charge in [0.05, 0.1) is 16.3 Å². The summed E-state index contributed by atoms with van der Waals surface area (Å²) >= 11 is 5.61. The van der Waals surface area contributed by atoms with E-state index in [1.54, 1.807) is 6.07 Å². The largest absolute Gasteiger partial charge is 0.416 e. The molecule has 0 spiro atoms. The average molecular weight is 300 g/mol. The summed E-state index contributed by atoms with van der Waals surface area (Å²) in [6.07, 6.45) is -4.54. The average Bonchev–Trinajstić information content (AvgIpc) is 2.38. The summed E-state index contributed by atoms with van der Waals surface area (Å²) in [5.41, 5.74) is -1.99. The maximum atomic E-state index is 12.6. The van der Waals surface area contributed by atoms with Gasteiger partial charge in [0, 0.05) is 6.07 Å². The van der Waals surface area contributed by atoms with Gasteiger partial charge in [0.15, 0.2) is 5.69 Å². The summed E-state index contributed by atoms with van der Waals surface area (Å²) in [6.45, 7) is 0. The second kappa shape index (κ2) is 4.98. The molecule has 0 N–H and O–H groups in total. The SMILES string of the molecule is N#Cc1nn(-c2cccc(C(F)(F)F)c2)c(=O)cc1Cl. The Morgan fingerprint density at radius 2 is 2.00 bits per heavy atom. The van der Waals surface area contributed by atoms with Crippen LogP contribution in [-0.4, -0.2) is 9.78 Å². The zero-order valence-electron chi connectivity index (χ0n) is 9.65. The van der Waals surface area contributed by atoms with E-state index in [4.69, 9.17) is 16.9 Å². The number of nitriles is 1. The minimum Gasteiger partial charge on any atom is -0.267 e. The van der Waals surface area contributed by atoms with Crippen LogP contribution in [0.15, 0.2) is 35.1 Å². The quantitative estimate of drug-likeness (QED) is 0.813. The zero-order valence-corrected chi connectivity index (χ0v) is 10.4. The number of benzene rings is 1. The Balaban J connectivity index is 2.64. The zero-order chi connectivity index (χ0) is 14.9. The standard InChI is InChI=1S/C12H5ClF3N3O/c13-9-5-11(20)19(18-10(9)6-17)8-3-1-2-7(4-8)12(14,15)16/h1-5H. The van der Waals surface area contributed by atoms with Crippen LogP contribution >= 0.6 is 11.6 Å². The first kappa shape index (κ1) is 14.1. The number of alkyl halides is 3. The van der Waals surface area contributed by atoms with E-state index in [-0.39, 0.29) is 16.4 Å². The summed E-state index contributed by atoms with van der Waals surface area (Å²) in [5.74, 6) is 0. The van der Waals surface area contributed by atoms with Crippen molar-refractivity contribution >= 4 is 11.6 Å². The summed E-state index contributed by atoms with van der Waals surface area (Å²) in [4.78, 5) is 11.7. The lowest BCUT2D eigenvalue weighted by molar-refractivity contribution is -0.137. The molecular weight excluding hydrogens is 295 g/mol. The van der Waals surface area contributed by atoms with Crippen LogP contribution in [0, 0.1) is 11.3 Å². The molecule has 1 heterocycles. The second-order valence-corrected chi connectivity index (χ2v) is 4.16. The molecule has 0 saturated heterocycles. The predicted molar refractivity (Wildman–Crippen MR) is 64.6 cm³/mol. The maximum absolute atomic E-state index is 12.6. The van der Waals surface area contributed by atoms with Gasteiger partial charge < -0.3 is 0 Å². The van der Waals surface area contributed by atoms with Crippen LogP contribution in [0.25, 0.3) is 5.69 Å².